The summed E-state index contributed by atoms with van der Waals surface area (Å²) in [7, 11) is 0. The maximum Gasteiger partial charge on any atom is 0.193 e. The molecule has 1 N–H and O–H groups in total. The van der Waals surface area contributed by atoms with Crippen molar-refractivity contribution in [2.75, 3.05) is 45.8 Å². The van der Waals surface area contributed by atoms with Crippen LogP contribution in [0.15, 0.2) is 17.1 Å². The minimum atomic E-state index is 0. The summed E-state index contributed by atoms with van der Waals surface area (Å²) >= 11 is 0. The Kier molecular flexibility index (Phi) is 13.0. The van der Waals surface area contributed by atoms with E-state index in [2.05, 4.69) is 55.0 Å². The van der Waals surface area contributed by atoms with E-state index in [1.165, 1.54) is 13.0 Å². The van der Waals surface area contributed by atoms with E-state index < -0.39 is 0 Å². The Bertz CT molecular complexity index is 327. The van der Waals surface area contributed by atoms with Crippen LogP contribution in [0.2, 0.25) is 0 Å². The van der Waals surface area contributed by atoms with Gasteiger partial charge in [-0.25, -0.2) is 0 Å². The molecule has 1 aliphatic rings. The number of aliphatic imine (C=N–C) groups is 1. The maximum absolute atomic E-state index is 4.75. The second-order valence-electron chi connectivity index (χ2n) is 5.68. The van der Waals surface area contributed by atoms with Gasteiger partial charge in [0.05, 0.1) is 0 Å². The Hall–Kier alpha value is -0.300. The Labute approximate surface area is 154 Å². The lowest BCUT2D eigenvalue weighted by atomic mass is 10.1. The van der Waals surface area contributed by atoms with Gasteiger partial charge in [0.25, 0.3) is 0 Å². The summed E-state index contributed by atoms with van der Waals surface area (Å²) in [6, 6.07) is 0. The zero-order valence-electron chi connectivity index (χ0n) is 14.8. The van der Waals surface area contributed by atoms with Gasteiger partial charge >= 0.3 is 0 Å². The molecule has 0 aromatic heterocycles. The summed E-state index contributed by atoms with van der Waals surface area (Å²) in [5, 5.41) is 3.44. The van der Waals surface area contributed by atoms with Crippen LogP contribution in [0.1, 0.15) is 40.5 Å². The highest BCUT2D eigenvalue weighted by Crippen LogP contribution is 2.17. The van der Waals surface area contributed by atoms with Crippen LogP contribution in [0.5, 0.6) is 0 Å². The molecule has 1 atom stereocenters. The molecule has 0 bridgehead atoms. The van der Waals surface area contributed by atoms with Gasteiger partial charge in [-0.15, -0.1) is 24.0 Å². The molecule has 1 unspecified atom stereocenters. The number of hydrogen-bond donors (Lipinski definition) is 1. The second kappa shape index (κ2) is 13.2. The van der Waals surface area contributed by atoms with Crippen LogP contribution in [-0.2, 0) is 0 Å². The summed E-state index contributed by atoms with van der Waals surface area (Å²) in [6.45, 7) is 16.4. The summed E-state index contributed by atoms with van der Waals surface area (Å²) in [4.78, 5) is 9.72. The molecule has 0 aliphatic carbocycles. The molecular formula is C17H35IN4. The Morgan fingerprint density at radius 2 is 2.05 bits per heavy atom. The minimum Gasteiger partial charge on any atom is -0.357 e. The minimum absolute atomic E-state index is 0. The molecule has 0 radical (unpaired) electrons. The molecule has 0 saturated carbocycles. The number of allylic oxidation sites excluding steroid dienone is 1. The second-order valence-corrected chi connectivity index (χ2v) is 5.68. The molecule has 0 spiro atoms. The Morgan fingerprint density at radius 1 is 1.32 bits per heavy atom. The van der Waals surface area contributed by atoms with Gasteiger partial charge in [0.15, 0.2) is 5.96 Å². The van der Waals surface area contributed by atoms with E-state index in [4.69, 9.17) is 4.99 Å². The third-order valence-electron chi connectivity index (χ3n) is 4.12. The summed E-state index contributed by atoms with van der Waals surface area (Å²) < 4.78 is 0. The molecule has 1 rings (SSSR count). The van der Waals surface area contributed by atoms with Gasteiger partial charge in [-0.2, -0.15) is 0 Å². The average Bonchev–Trinajstić information content (AvgIpc) is 2.96. The van der Waals surface area contributed by atoms with E-state index in [0.29, 0.717) is 0 Å². The van der Waals surface area contributed by atoms with Crippen molar-refractivity contribution >= 4 is 29.9 Å². The quantitative estimate of drug-likeness (QED) is 0.214. The van der Waals surface area contributed by atoms with Crippen molar-refractivity contribution in [3.63, 3.8) is 0 Å². The molecule has 0 aromatic rings. The smallest absolute Gasteiger partial charge is 0.193 e. The molecule has 5 heteroatoms. The van der Waals surface area contributed by atoms with Crippen molar-refractivity contribution in [2.24, 2.45) is 10.9 Å². The molecule has 1 aliphatic heterocycles. The van der Waals surface area contributed by atoms with E-state index in [1.54, 1.807) is 0 Å². The molecule has 0 amide bonds. The van der Waals surface area contributed by atoms with Crippen molar-refractivity contribution in [1.29, 1.82) is 0 Å². The highest BCUT2D eigenvalue weighted by molar-refractivity contribution is 14.0. The number of rotatable bonds is 8. The number of halogens is 1. The van der Waals surface area contributed by atoms with Crippen molar-refractivity contribution < 1.29 is 0 Å². The van der Waals surface area contributed by atoms with Crippen molar-refractivity contribution in [3.8, 4) is 0 Å². The van der Waals surface area contributed by atoms with Gasteiger partial charge in [0.1, 0.15) is 0 Å². The van der Waals surface area contributed by atoms with Crippen LogP contribution < -0.4 is 5.32 Å². The predicted octanol–water partition coefficient (Wildman–Crippen LogP) is 3.20. The first-order valence-electron chi connectivity index (χ1n) is 8.61. The van der Waals surface area contributed by atoms with Gasteiger partial charge in [0, 0.05) is 32.7 Å². The normalized spacial score (nSPS) is 19.0. The van der Waals surface area contributed by atoms with Gasteiger partial charge in [-0.3, -0.25) is 4.99 Å². The molecule has 4 nitrogen and oxygen atoms in total. The lowest BCUT2D eigenvalue weighted by molar-refractivity contribution is 0.255. The largest absolute Gasteiger partial charge is 0.357 e. The van der Waals surface area contributed by atoms with E-state index in [9.17, 15) is 0 Å². The third-order valence-corrected chi connectivity index (χ3v) is 4.12. The van der Waals surface area contributed by atoms with E-state index in [-0.39, 0.29) is 24.0 Å². The third kappa shape index (κ3) is 7.81. The van der Waals surface area contributed by atoms with Crippen LogP contribution >= 0.6 is 24.0 Å². The van der Waals surface area contributed by atoms with Crippen LogP contribution in [0.4, 0.5) is 0 Å². The van der Waals surface area contributed by atoms with E-state index >= 15 is 0 Å². The SMILES string of the molecule is C/C=C/CCN=C(NCC)N1CCC(CN(CC)CC)C1.I. The Balaban J connectivity index is 0.00000441. The van der Waals surface area contributed by atoms with E-state index in [0.717, 1.165) is 57.6 Å². The lowest BCUT2D eigenvalue weighted by Gasteiger charge is -2.24. The number of nitrogens with one attached hydrogen (secondary N) is 1. The highest BCUT2D eigenvalue weighted by atomic mass is 127. The van der Waals surface area contributed by atoms with Crippen molar-refractivity contribution in [2.45, 2.75) is 40.5 Å². The van der Waals surface area contributed by atoms with Crippen LogP contribution in [0.25, 0.3) is 0 Å². The van der Waals surface area contributed by atoms with E-state index in [1.807, 2.05) is 0 Å². The Morgan fingerprint density at radius 3 is 2.64 bits per heavy atom. The van der Waals surface area contributed by atoms with Gasteiger partial charge in [-0.1, -0.05) is 26.0 Å². The topological polar surface area (TPSA) is 30.9 Å². The van der Waals surface area contributed by atoms with Crippen molar-refractivity contribution in [3.05, 3.63) is 12.2 Å². The zero-order valence-corrected chi connectivity index (χ0v) is 17.2. The monoisotopic (exact) mass is 422 g/mol. The first kappa shape index (κ1) is 21.7. The maximum atomic E-state index is 4.75. The fourth-order valence-corrected chi connectivity index (χ4v) is 2.86. The molecule has 22 heavy (non-hydrogen) atoms. The van der Waals surface area contributed by atoms with Crippen LogP contribution in [0, 0.1) is 5.92 Å². The predicted molar refractivity (Wildman–Crippen MR) is 108 cm³/mol. The van der Waals surface area contributed by atoms with Crippen LogP contribution in [0.3, 0.4) is 0 Å². The van der Waals surface area contributed by atoms with Gasteiger partial charge in [-0.05, 0) is 45.7 Å². The van der Waals surface area contributed by atoms with Crippen LogP contribution in [-0.4, -0.2) is 61.6 Å². The lowest BCUT2D eigenvalue weighted by Crippen LogP contribution is -2.41. The summed E-state index contributed by atoms with van der Waals surface area (Å²) in [6.07, 6.45) is 6.59. The molecule has 1 fully saturated rings. The molecule has 1 heterocycles. The number of hydrogen-bond acceptors (Lipinski definition) is 2. The summed E-state index contributed by atoms with van der Waals surface area (Å²) in [5.41, 5.74) is 0. The first-order chi connectivity index (χ1) is 10.2. The molecular weight excluding hydrogens is 387 g/mol. The summed E-state index contributed by atoms with van der Waals surface area (Å²) in [5.74, 6) is 1.88. The average molecular weight is 422 g/mol. The number of nitrogens with zero attached hydrogens (tertiary/aromatic N) is 3. The molecule has 0 aromatic carbocycles. The number of likely N-dealkylation sites (tertiary alicyclic amines) is 1. The molecule has 1 saturated heterocycles. The fraction of sp³-hybridized carbons (Fsp3) is 0.824. The van der Waals surface area contributed by atoms with Gasteiger partial charge in [0.2, 0.25) is 0 Å². The molecule has 130 valence electrons. The van der Waals surface area contributed by atoms with Gasteiger partial charge < -0.3 is 15.1 Å². The first-order valence-corrected chi connectivity index (χ1v) is 8.61. The fourth-order valence-electron chi connectivity index (χ4n) is 2.86. The zero-order chi connectivity index (χ0) is 15.5. The number of guanidine groups is 1. The van der Waals surface area contributed by atoms with Crippen molar-refractivity contribution in [1.82, 2.24) is 15.1 Å². The standard InChI is InChI=1S/C17H34N4.HI/c1-5-9-10-12-19-17(18-6-2)21-13-11-16(15-21)14-20(7-3)8-4;/h5,9,16H,6-8,10-15H2,1-4H3,(H,18,19);1H/b9-5+;. The highest BCUT2D eigenvalue weighted by Gasteiger charge is 2.25.